The third-order valence-electron chi connectivity index (χ3n) is 3.08. The van der Waals surface area contributed by atoms with Crippen LogP contribution in [0.4, 0.5) is 0 Å². The summed E-state index contributed by atoms with van der Waals surface area (Å²) < 4.78 is 24.8. The van der Waals surface area contributed by atoms with Crippen LogP contribution in [0.3, 0.4) is 0 Å². The Morgan fingerprint density at radius 2 is 2.00 bits per heavy atom. The summed E-state index contributed by atoms with van der Waals surface area (Å²) in [5.41, 5.74) is -0.136. The van der Waals surface area contributed by atoms with E-state index in [2.05, 4.69) is 29.8 Å². The molecule has 0 aliphatic carbocycles. The Morgan fingerprint density at radius 1 is 1.38 bits per heavy atom. The van der Waals surface area contributed by atoms with Gasteiger partial charge in [-0.3, -0.25) is 0 Å². The van der Waals surface area contributed by atoms with Crippen molar-refractivity contribution in [3.05, 3.63) is 17.5 Å². The van der Waals surface area contributed by atoms with E-state index < -0.39 is 9.84 Å². The van der Waals surface area contributed by atoms with E-state index in [4.69, 9.17) is 0 Å². The van der Waals surface area contributed by atoms with Gasteiger partial charge >= 0.3 is 0 Å². The van der Waals surface area contributed by atoms with Crippen LogP contribution in [0.1, 0.15) is 26.7 Å². The van der Waals surface area contributed by atoms with Crippen molar-refractivity contribution in [2.75, 3.05) is 11.1 Å². The van der Waals surface area contributed by atoms with Crippen molar-refractivity contribution in [1.82, 2.24) is 0 Å². The van der Waals surface area contributed by atoms with E-state index >= 15 is 0 Å². The molecule has 1 aromatic rings. The summed E-state index contributed by atoms with van der Waals surface area (Å²) >= 11 is 4.75. The Morgan fingerprint density at radius 3 is 2.38 bits per heavy atom. The average Bonchev–Trinajstić information content (AvgIpc) is 2.80. The van der Waals surface area contributed by atoms with Gasteiger partial charge in [0.25, 0.3) is 0 Å². The lowest BCUT2D eigenvalue weighted by molar-refractivity contribution is 0.351. The molecule has 0 radical (unpaired) electrons. The van der Waals surface area contributed by atoms with Crippen LogP contribution in [0, 0.1) is 5.41 Å². The highest BCUT2D eigenvalue weighted by atomic mass is 79.9. The molecular weight excluding hydrogens is 308 g/mol. The maximum absolute atomic E-state index is 12.2. The number of halogens is 1. The zero-order valence-electron chi connectivity index (χ0n) is 9.57. The summed E-state index contributed by atoms with van der Waals surface area (Å²) in [6.45, 7) is 4.10. The lowest BCUT2D eigenvalue weighted by Crippen LogP contribution is -2.30. The third kappa shape index (κ3) is 3.08. The van der Waals surface area contributed by atoms with Crippen LogP contribution >= 0.6 is 27.3 Å². The van der Waals surface area contributed by atoms with Gasteiger partial charge in [0.05, 0.1) is 5.75 Å². The second-order valence-corrected chi connectivity index (χ2v) is 7.76. The van der Waals surface area contributed by atoms with Crippen molar-refractivity contribution in [2.45, 2.75) is 30.9 Å². The number of rotatable bonds is 6. The standard InChI is InChI=1S/C11H17BrO2S2/c1-3-11(4-2,8-12)9-16(13,14)10-6-5-7-15-10/h5-7H,3-4,8-9H2,1-2H3. The van der Waals surface area contributed by atoms with E-state index in [0.29, 0.717) is 4.21 Å². The Hall–Kier alpha value is 0.130. The van der Waals surface area contributed by atoms with E-state index in [-0.39, 0.29) is 11.2 Å². The molecule has 0 saturated carbocycles. The number of hydrogen-bond donors (Lipinski definition) is 0. The maximum Gasteiger partial charge on any atom is 0.188 e. The smallest absolute Gasteiger partial charge is 0.188 e. The molecule has 0 spiro atoms. The van der Waals surface area contributed by atoms with Crippen molar-refractivity contribution < 1.29 is 8.42 Å². The summed E-state index contributed by atoms with van der Waals surface area (Å²) in [5.74, 6) is 0.235. The molecule has 0 N–H and O–H groups in total. The highest BCUT2D eigenvalue weighted by Gasteiger charge is 2.32. The molecule has 0 atom stereocenters. The van der Waals surface area contributed by atoms with Crippen LogP contribution in [0.2, 0.25) is 0 Å². The van der Waals surface area contributed by atoms with Crippen LogP contribution in [-0.2, 0) is 9.84 Å². The Kier molecular flexibility index (Phi) is 5.01. The van der Waals surface area contributed by atoms with Gasteiger partial charge in [-0.15, -0.1) is 11.3 Å². The SMILES string of the molecule is CCC(CC)(CBr)CS(=O)(=O)c1cccs1. The summed E-state index contributed by atoms with van der Waals surface area (Å²) in [5, 5.41) is 2.54. The van der Waals surface area contributed by atoms with Crippen LogP contribution in [0.25, 0.3) is 0 Å². The van der Waals surface area contributed by atoms with E-state index in [9.17, 15) is 8.42 Å². The van der Waals surface area contributed by atoms with Gasteiger partial charge in [-0.1, -0.05) is 35.8 Å². The Balaban J connectivity index is 2.96. The lowest BCUT2D eigenvalue weighted by atomic mass is 9.87. The fourth-order valence-electron chi connectivity index (χ4n) is 1.60. The van der Waals surface area contributed by atoms with Gasteiger partial charge in [0.1, 0.15) is 4.21 Å². The zero-order valence-corrected chi connectivity index (χ0v) is 12.8. The predicted molar refractivity (Wildman–Crippen MR) is 73.2 cm³/mol. The van der Waals surface area contributed by atoms with Crippen molar-refractivity contribution in [1.29, 1.82) is 0 Å². The molecule has 0 bridgehead atoms. The molecule has 2 nitrogen and oxygen atoms in total. The third-order valence-corrected chi connectivity index (χ3v) is 7.72. The minimum Gasteiger partial charge on any atom is -0.223 e. The fourth-order valence-corrected chi connectivity index (χ4v) is 5.97. The molecule has 0 saturated heterocycles. The van der Waals surface area contributed by atoms with Gasteiger partial charge in [0.2, 0.25) is 0 Å². The highest BCUT2D eigenvalue weighted by molar-refractivity contribution is 9.09. The average molecular weight is 325 g/mol. The number of alkyl halides is 1. The van der Waals surface area contributed by atoms with Gasteiger partial charge in [-0.2, -0.15) is 0 Å². The zero-order chi connectivity index (χ0) is 12.2. The topological polar surface area (TPSA) is 34.1 Å². The first-order valence-electron chi connectivity index (χ1n) is 5.32. The molecule has 5 heteroatoms. The molecule has 1 aromatic heterocycles. The molecule has 16 heavy (non-hydrogen) atoms. The monoisotopic (exact) mass is 324 g/mol. The molecule has 1 rings (SSSR count). The van der Waals surface area contributed by atoms with Gasteiger partial charge < -0.3 is 0 Å². The molecule has 92 valence electrons. The minimum absolute atomic E-state index is 0.136. The molecule has 0 aliphatic heterocycles. The summed E-state index contributed by atoms with van der Waals surface area (Å²) in [6.07, 6.45) is 1.75. The molecule has 0 aliphatic rings. The largest absolute Gasteiger partial charge is 0.223 e. The molecular formula is C11H17BrO2S2. The first-order chi connectivity index (χ1) is 7.49. The number of sulfone groups is 1. The van der Waals surface area contributed by atoms with Gasteiger partial charge in [0, 0.05) is 5.33 Å². The van der Waals surface area contributed by atoms with E-state index in [0.717, 1.165) is 18.2 Å². The van der Waals surface area contributed by atoms with Crippen LogP contribution in [0.5, 0.6) is 0 Å². The first-order valence-corrected chi connectivity index (χ1v) is 8.97. The van der Waals surface area contributed by atoms with Crippen LogP contribution in [0.15, 0.2) is 21.7 Å². The number of hydrogen-bond acceptors (Lipinski definition) is 3. The second-order valence-electron chi connectivity index (χ2n) is 4.03. The van der Waals surface area contributed by atoms with Crippen molar-refractivity contribution >= 4 is 37.1 Å². The van der Waals surface area contributed by atoms with Crippen LogP contribution in [-0.4, -0.2) is 19.5 Å². The minimum atomic E-state index is -3.12. The number of thiophene rings is 1. The molecule has 0 unspecified atom stereocenters. The molecule has 0 fully saturated rings. The van der Waals surface area contributed by atoms with Crippen molar-refractivity contribution in [3.63, 3.8) is 0 Å². The maximum atomic E-state index is 12.2. The molecule has 0 aromatic carbocycles. The predicted octanol–water partition coefficient (Wildman–Crippen LogP) is 3.72. The van der Waals surface area contributed by atoms with Gasteiger partial charge in [0.15, 0.2) is 9.84 Å². The van der Waals surface area contributed by atoms with E-state index in [1.54, 1.807) is 17.5 Å². The highest BCUT2D eigenvalue weighted by Crippen LogP contribution is 2.33. The second kappa shape index (κ2) is 5.65. The first kappa shape index (κ1) is 14.2. The van der Waals surface area contributed by atoms with E-state index in [1.165, 1.54) is 11.3 Å². The van der Waals surface area contributed by atoms with Crippen molar-refractivity contribution in [3.8, 4) is 0 Å². The van der Waals surface area contributed by atoms with Crippen LogP contribution < -0.4 is 0 Å². The lowest BCUT2D eigenvalue weighted by Gasteiger charge is -2.28. The normalized spacial score (nSPS) is 12.9. The summed E-state index contributed by atoms with van der Waals surface area (Å²) in [4.78, 5) is 0. The fraction of sp³-hybridized carbons (Fsp3) is 0.636. The van der Waals surface area contributed by atoms with Gasteiger partial charge in [-0.05, 0) is 29.7 Å². The summed E-state index contributed by atoms with van der Waals surface area (Å²) in [6, 6.07) is 3.47. The molecule has 0 amide bonds. The van der Waals surface area contributed by atoms with Gasteiger partial charge in [-0.25, -0.2) is 8.42 Å². The van der Waals surface area contributed by atoms with Crippen molar-refractivity contribution in [2.24, 2.45) is 5.41 Å². The van der Waals surface area contributed by atoms with E-state index in [1.807, 2.05) is 0 Å². The Bertz CT molecular complexity index is 397. The quantitative estimate of drug-likeness (QED) is 0.747. The summed E-state index contributed by atoms with van der Waals surface area (Å²) in [7, 11) is -3.12. The Labute approximate surface area is 110 Å². The molecule has 1 heterocycles.